The highest BCUT2D eigenvalue weighted by Gasteiger charge is 2.16. The van der Waals surface area contributed by atoms with Crippen molar-refractivity contribution in [3.63, 3.8) is 0 Å². The number of hydrogen-bond donors (Lipinski definition) is 2. The molecule has 0 saturated carbocycles. The summed E-state index contributed by atoms with van der Waals surface area (Å²) < 4.78 is 1.77. The summed E-state index contributed by atoms with van der Waals surface area (Å²) in [5.41, 5.74) is 5.58. The van der Waals surface area contributed by atoms with Gasteiger partial charge < -0.3 is 9.67 Å². The molecule has 2 N–H and O–H groups in total. The number of rotatable bonds is 7. The number of aromatic amines is 1. The van der Waals surface area contributed by atoms with Crippen LogP contribution in [0.3, 0.4) is 0 Å². The van der Waals surface area contributed by atoms with E-state index in [1.807, 2.05) is 78.9 Å². The molecule has 7 nitrogen and oxygen atoms in total. The van der Waals surface area contributed by atoms with Gasteiger partial charge in [-0.1, -0.05) is 92.2 Å². The summed E-state index contributed by atoms with van der Waals surface area (Å²) in [5, 5.41) is 25.1. The number of aromatic hydroxyl groups is 1. The molecule has 5 rings (SSSR count). The van der Waals surface area contributed by atoms with Crippen LogP contribution in [0.2, 0.25) is 0 Å². The van der Waals surface area contributed by atoms with Gasteiger partial charge >= 0.3 is 0 Å². The van der Waals surface area contributed by atoms with Crippen LogP contribution in [0.5, 0.6) is 5.75 Å². The lowest BCUT2D eigenvalue weighted by Crippen LogP contribution is -2.25. The van der Waals surface area contributed by atoms with Crippen LogP contribution in [0.4, 0.5) is 0 Å². The molecule has 3 aromatic carbocycles. The predicted octanol–water partition coefficient (Wildman–Crippen LogP) is 5.07. The Balaban J connectivity index is 1.51. The average Bonchev–Trinajstić information content (AvgIpc) is 3.43. The highest BCUT2D eigenvalue weighted by atomic mass is 16.3. The SMILES string of the molecule is CCCc1cc(O)c(-c2ccccc2)c(=O)n1Cc1ccc(-c2ccccc2-c2nn[nH]n2)cc1. The van der Waals surface area contributed by atoms with Gasteiger partial charge in [0.2, 0.25) is 5.82 Å². The fraction of sp³-hybridized carbons (Fsp3) is 0.143. The number of tetrazole rings is 1. The molecule has 0 saturated heterocycles. The maximum Gasteiger partial charge on any atom is 0.262 e. The van der Waals surface area contributed by atoms with Crippen molar-refractivity contribution in [1.29, 1.82) is 0 Å². The highest BCUT2D eigenvalue weighted by molar-refractivity contribution is 5.80. The van der Waals surface area contributed by atoms with Gasteiger partial charge in [0, 0.05) is 17.3 Å². The van der Waals surface area contributed by atoms with E-state index < -0.39 is 0 Å². The summed E-state index contributed by atoms with van der Waals surface area (Å²) in [6.45, 7) is 2.48. The molecule has 174 valence electrons. The molecule has 0 radical (unpaired) electrons. The van der Waals surface area contributed by atoms with Gasteiger partial charge in [-0.2, -0.15) is 5.21 Å². The molecule has 35 heavy (non-hydrogen) atoms. The number of hydrogen-bond acceptors (Lipinski definition) is 5. The molecule has 0 bridgehead atoms. The second-order valence-electron chi connectivity index (χ2n) is 8.38. The molecule has 0 amide bonds. The minimum atomic E-state index is -0.189. The molecule has 0 unspecified atom stereocenters. The summed E-state index contributed by atoms with van der Waals surface area (Å²) in [6.07, 6.45) is 1.57. The molecular formula is C28H25N5O2. The molecule has 5 aromatic rings. The third-order valence-electron chi connectivity index (χ3n) is 6.05. The first-order valence-corrected chi connectivity index (χ1v) is 11.6. The van der Waals surface area contributed by atoms with Gasteiger partial charge in [0.05, 0.1) is 12.1 Å². The number of H-pyrrole nitrogens is 1. The van der Waals surface area contributed by atoms with Crippen LogP contribution in [0.15, 0.2) is 89.7 Å². The maximum absolute atomic E-state index is 13.5. The Morgan fingerprint density at radius 2 is 1.60 bits per heavy atom. The van der Waals surface area contributed by atoms with Crippen LogP contribution in [0.25, 0.3) is 33.6 Å². The first kappa shape index (κ1) is 22.3. The number of aryl methyl sites for hydroxylation is 1. The normalized spacial score (nSPS) is 11.0. The van der Waals surface area contributed by atoms with Gasteiger partial charge in [0.15, 0.2) is 0 Å². The quantitative estimate of drug-likeness (QED) is 0.351. The molecule has 0 aliphatic heterocycles. The molecule has 0 fully saturated rings. The van der Waals surface area contributed by atoms with Crippen molar-refractivity contribution >= 4 is 0 Å². The average molecular weight is 464 g/mol. The molecule has 0 aliphatic rings. The fourth-order valence-electron chi connectivity index (χ4n) is 4.37. The second-order valence-corrected chi connectivity index (χ2v) is 8.38. The number of nitrogens with one attached hydrogen (secondary N) is 1. The van der Waals surface area contributed by atoms with Gasteiger partial charge in [0.1, 0.15) is 5.75 Å². The minimum Gasteiger partial charge on any atom is -0.507 e. The lowest BCUT2D eigenvalue weighted by molar-refractivity contribution is 0.471. The first-order chi connectivity index (χ1) is 17.2. The van der Waals surface area contributed by atoms with Crippen molar-refractivity contribution in [3.8, 4) is 39.4 Å². The summed E-state index contributed by atoms with van der Waals surface area (Å²) >= 11 is 0. The first-order valence-electron chi connectivity index (χ1n) is 11.6. The van der Waals surface area contributed by atoms with E-state index >= 15 is 0 Å². The van der Waals surface area contributed by atoms with E-state index in [0.717, 1.165) is 34.4 Å². The Hall–Kier alpha value is -4.52. The number of aromatic nitrogens is 5. The van der Waals surface area contributed by atoms with Crippen LogP contribution < -0.4 is 5.56 Å². The van der Waals surface area contributed by atoms with Crippen molar-refractivity contribution in [1.82, 2.24) is 25.2 Å². The minimum absolute atomic E-state index is 0.0225. The molecule has 7 heteroatoms. The van der Waals surface area contributed by atoms with Gasteiger partial charge in [-0.15, -0.1) is 10.2 Å². The lowest BCUT2D eigenvalue weighted by Gasteiger charge is -2.16. The van der Waals surface area contributed by atoms with Crippen LogP contribution >= 0.6 is 0 Å². The maximum atomic E-state index is 13.5. The Bertz CT molecular complexity index is 1490. The van der Waals surface area contributed by atoms with E-state index in [4.69, 9.17) is 0 Å². The van der Waals surface area contributed by atoms with Crippen LogP contribution in [-0.4, -0.2) is 30.3 Å². The Morgan fingerprint density at radius 1 is 0.886 bits per heavy atom. The van der Waals surface area contributed by atoms with Crippen molar-refractivity contribution in [2.75, 3.05) is 0 Å². The molecule has 0 aliphatic carbocycles. The fourth-order valence-corrected chi connectivity index (χ4v) is 4.37. The predicted molar refractivity (Wildman–Crippen MR) is 136 cm³/mol. The van der Waals surface area contributed by atoms with Crippen LogP contribution in [-0.2, 0) is 13.0 Å². The smallest absolute Gasteiger partial charge is 0.262 e. The highest BCUT2D eigenvalue weighted by Crippen LogP contribution is 2.30. The van der Waals surface area contributed by atoms with E-state index in [9.17, 15) is 9.90 Å². The van der Waals surface area contributed by atoms with Gasteiger partial charge in [0.25, 0.3) is 5.56 Å². The zero-order valence-corrected chi connectivity index (χ0v) is 19.3. The molecule has 0 atom stereocenters. The molecule has 2 aromatic heterocycles. The van der Waals surface area contributed by atoms with E-state index in [-0.39, 0.29) is 11.3 Å². The molecular weight excluding hydrogens is 438 g/mol. The Morgan fingerprint density at radius 3 is 2.29 bits per heavy atom. The lowest BCUT2D eigenvalue weighted by atomic mass is 9.98. The number of nitrogens with zero attached hydrogens (tertiary/aromatic N) is 4. The summed E-state index contributed by atoms with van der Waals surface area (Å²) in [4.78, 5) is 13.5. The Labute approximate surface area is 202 Å². The third-order valence-corrected chi connectivity index (χ3v) is 6.05. The zero-order chi connectivity index (χ0) is 24.2. The van der Waals surface area contributed by atoms with E-state index in [0.29, 0.717) is 29.9 Å². The molecule has 2 heterocycles. The standard InChI is InChI=1S/C28H25N5O2/c1-2-8-22-17-25(34)26(21-9-4-3-5-10-21)28(35)33(22)18-19-13-15-20(16-14-19)23-11-6-7-12-24(23)27-29-31-32-30-27/h3-7,9-17,34H,2,8,18H2,1H3,(H,29,30,31,32). The second kappa shape index (κ2) is 9.77. The number of benzene rings is 3. The van der Waals surface area contributed by atoms with Gasteiger partial charge in [-0.05, 0) is 33.9 Å². The molecule has 0 spiro atoms. The van der Waals surface area contributed by atoms with Gasteiger partial charge in [-0.3, -0.25) is 4.79 Å². The van der Waals surface area contributed by atoms with E-state index in [1.165, 1.54) is 0 Å². The summed E-state index contributed by atoms with van der Waals surface area (Å²) in [6, 6.07) is 27.1. The van der Waals surface area contributed by atoms with Crippen molar-refractivity contribution in [2.24, 2.45) is 0 Å². The monoisotopic (exact) mass is 463 g/mol. The summed E-state index contributed by atoms with van der Waals surface area (Å²) in [5.74, 6) is 0.562. The zero-order valence-electron chi connectivity index (χ0n) is 19.3. The van der Waals surface area contributed by atoms with Crippen molar-refractivity contribution in [2.45, 2.75) is 26.3 Å². The van der Waals surface area contributed by atoms with E-state index in [1.54, 1.807) is 10.6 Å². The topological polar surface area (TPSA) is 96.7 Å². The summed E-state index contributed by atoms with van der Waals surface area (Å²) in [7, 11) is 0. The largest absolute Gasteiger partial charge is 0.507 e. The number of pyridine rings is 1. The van der Waals surface area contributed by atoms with Crippen LogP contribution in [0.1, 0.15) is 24.6 Å². The van der Waals surface area contributed by atoms with Crippen molar-refractivity contribution in [3.05, 3.63) is 107 Å². The van der Waals surface area contributed by atoms with E-state index in [2.05, 4.69) is 27.5 Å². The van der Waals surface area contributed by atoms with Crippen molar-refractivity contribution < 1.29 is 5.11 Å². The Kier molecular flexibility index (Phi) is 6.22. The van der Waals surface area contributed by atoms with Gasteiger partial charge in [-0.25, -0.2) is 0 Å². The van der Waals surface area contributed by atoms with Crippen LogP contribution in [0, 0.1) is 0 Å². The third kappa shape index (κ3) is 4.48.